The molecule has 0 N–H and O–H groups in total. The summed E-state index contributed by atoms with van der Waals surface area (Å²) in [5.41, 5.74) is 3.51. The maximum atomic E-state index is 12.9. The van der Waals surface area contributed by atoms with E-state index >= 15 is 0 Å². The first-order chi connectivity index (χ1) is 15.5. The number of pyridine rings is 2. The van der Waals surface area contributed by atoms with Crippen molar-refractivity contribution in [2.45, 2.75) is 23.7 Å². The first-order valence-corrected chi connectivity index (χ1v) is 12.3. The van der Waals surface area contributed by atoms with Gasteiger partial charge in [-0.1, -0.05) is 0 Å². The van der Waals surface area contributed by atoms with E-state index < -0.39 is 10.0 Å². The Kier molecular flexibility index (Phi) is 5.63. The summed E-state index contributed by atoms with van der Waals surface area (Å²) in [6, 6.07) is 5.30. The van der Waals surface area contributed by atoms with Crippen LogP contribution in [0.2, 0.25) is 0 Å². The Labute approximate surface area is 188 Å². The van der Waals surface area contributed by atoms with Gasteiger partial charge in [0.15, 0.2) is 11.2 Å². The van der Waals surface area contributed by atoms with Gasteiger partial charge in [0.1, 0.15) is 4.90 Å². The van der Waals surface area contributed by atoms with Gasteiger partial charge >= 0.3 is 6.33 Å². The molecule has 9 nitrogen and oxygen atoms in total. The van der Waals surface area contributed by atoms with Gasteiger partial charge in [0.05, 0.1) is 11.9 Å². The molecule has 2 aliphatic rings. The van der Waals surface area contributed by atoms with E-state index in [1.165, 1.54) is 10.5 Å². The number of hydrogen-bond acceptors (Lipinski definition) is 7. The molecule has 5 heterocycles. The van der Waals surface area contributed by atoms with Crippen LogP contribution < -0.4 is 9.88 Å². The number of rotatable bonds is 4. The fraction of sp³-hybridized carbons (Fsp3) is 0.455. The minimum Gasteiger partial charge on any atom is -0.368 e. The number of nitrogens with zero attached hydrogens (tertiary/aromatic N) is 7. The lowest BCUT2D eigenvalue weighted by molar-refractivity contribution is -0.262. The molecule has 0 amide bonds. The minimum absolute atomic E-state index is 0.124. The van der Waals surface area contributed by atoms with Crippen LogP contribution in [-0.2, 0) is 10.0 Å². The van der Waals surface area contributed by atoms with Gasteiger partial charge < -0.3 is 9.80 Å². The summed E-state index contributed by atoms with van der Waals surface area (Å²) in [4.78, 5) is 22.3. The van der Waals surface area contributed by atoms with Gasteiger partial charge in [0, 0.05) is 68.6 Å². The number of piperidine rings is 1. The van der Waals surface area contributed by atoms with Crippen LogP contribution in [0.3, 0.4) is 0 Å². The predicted molar refractivity (Wildman–Crippen MR) is 119 cm³/mol. The smallest absolute Gasteiger partial charge is 0.368 e. The van der Waals surface area contributed by atoms with Crippen LogP contribution in [0.5, 0.6) is 0 Å². The molecule has 2 aliphatic heterocycles. The quantitative estimate of drug-likeness (QED) is 0.572. The van der Waals surface area contributed by atoms with E-state index in [-0.39, 0.29) is 10.8 Å². The van der Waals surface area contributed by atoms with Crippen LogP contribution in [0.4, 0.5) is 5.69 Å². The number of fused-ring (bicyclic) bond motifs is 1. The fourth-order valence-electron chi connectivity index (χ4n) is 4.45. The molecule has 0 spiro atoms. The molecule has 2 fully saturated rings. The average molecular weight is 453 g/mol. The van der Waals surface area contributed by atoms with Crippen molar-refractivity contribution in [2.24, 2.45) is 0 Å². The fourth-order valence-corrected chi connectivity index (χ4v) is 5.89. The maximum absolute atomic E-state index is 12.9. The van der Waals surface area contributed by atoms with Crippen molar-refractivity contribution in [3.63, 3.8) is 0 Å². The van der Waals surface area contributed by atoms with Gasteiger partial charge in [-0.2, -0.15) is 9.29 Å². The van der Waals surface area contributed by atoms with E-state index in [2.05, 4.69) is 44.2 Å². The van der Waals surface area contributed by atoms with E-state index in [9.17, 15) is 8.42 Å². The Morgan fingerprint density at radius 1 is 1.09 bits per heavy atom. The normalized spacial score (nSPS) is 19.2. The zero-order valence-electron chi connectivity index (χ0n) is 18.1. The summed E-state index contributed by atoms with van der Waals surface area (Å²) >= 11 is 0. The number of likely N-dealkylation sites (N-methyl/N-ethyl adjacent to an activating group) is 1. The van der Waals surface area contributed by atoms with Crippen molar-refractivity contribution in [2.75, 3.05) is 51.2 Å². The first-order valence-electron chi connectivity index (χ1n) is 10.9. The zero-order valence-corrected chi connectivity index (χ0v) is 18.9. The summed E-state index contributed by atoms with van der Waals surface area (Å²) in [5.74, 6) is 0.124. The summed E-state index contributed by atoms with van der Waals surface area (Å²) in [7, 11) is -1.39. The largest absolute Gasteiger partial charge is 0.430 e. The van der Waals surface area contributed by atoms with Gasteiger partial charge in [-0.3, -0.25) is 4.98 Å². The lowest BCUT2D eigenvalue weighted by Crippen LogP contribution is -2.44. The van der Waals surface area contributed by atoms with E-state index in [1.807, 2.05) is 6.20 Å². The topological polar surface area (TPSA) is 96.6 Å². The third-order valence-corrected chi connectivity index (χ3v) is 8.30. The van der Waals surface area contributed by atoms with Crippen molar-refractivity contribution >= 4 is 26.7 Å². The van der Waals surface area contributed by atoms with Gasteiger partial charge in [0.2, 0.25) is 10.0 Å². The van der Waals surface area contributed by atoms with Crippen LogP contribution >= 0.6 is 0 Å². The molecule has 0 aliphatic carbocycles. The van der Waals surface area contributed by atoms with E-state index in [4.69, 9.17) is 4.98 Å². The van der Waals surface area contributed by atoms with Gasteiger partial charge in [-0.25, -0.2) is 13.4 Å². The van der Waals surface area contributed by atoms with Crippen molar-refractivity contribution in [1.29, 1.82) is 0 Å². The van der Waals surface area contributed by atoms with Crippen molar-refractivity contribution < 1.29 is 13.4 Å². The number of aromatic nitrogens is 4. The Morgan fingerprint density at radius 3 is 2.59 bits per heavy atom. The Bertz CT molecular complexity index is 1190. The van der Waals surface area contributed by atoms with E-state index in [0.717, 1.165) is 48.6 Å². The molecular formula is C22H26N7O2S+. The Morgan fingerprint density at radius 2 is 1.88 bits per heavy atom. The highest BCUT2D eigenvalue weighted by atomic mass is 32.2. The van der Waals surface area contributed by atoms with Crippen LogP contribution in [-0.4, -0.2) is 78.9 Å². The second kappa shape index (κ2) is 8.58. The van der Waals surface area contributed by atoms with Crippen molar-refractivity contribution in [3.05, 3.63) is 48.8 Å². The molecule has 0 bridgehead atoms. The molecule has 3 aromatic rings. The molecule has 0 unspecified atom stereocenters. The average Bonchev–Trinajstić information content (AvgIpc) is 2.84. The number of hydrogen-bond donors (Lipinski definition) is 0. The molecule has 0 atom stereocenters. The highest BCUT2D eigenvalue weighted by molar-refractivity contribution is 7.89. The van der Waals surface area contributed by atoms with Crippen LogP contribution in [0.1, 0.15) is 24.5 Å². The zero-order chi connectivity index (χ0) is 22.1. The maximum Gasteiger partial charge on any atom is 0.430 e. The Balaban J connectivity index is 1.33. The van der Waals surface area contributed by atoms with Crippen LogP contribution in [0.25, 0.3) is 11.0 Å². The summed E-state index contributed by atoms with van der Waals surface area (Å²) in [6.07, 6.45) is 9.04. The molecule has 0 aromatic carbocycles. The monoisotopic (exact) mass is 452 g/mol. The Hall–Kier alpha value is -2.87. The molecule has 10 heteroatoms. The second-order valence-electron chi connectivity index (χ2n) is 8.43. The first kappa shape index (κ1) is 21.0. The third-order valence-electron chi connectivity index (χ3n) is 6.42. The summed E-state index contributed by atoms with van der Waals surface area (Å²) in [5, 5.41) is 0. The minimum atomic E-state index is -3.53. The van der Waals surface area contributed by atoms with E-state index in [0.29, 0.717) is 25.9 Å². The van der Waals surface area contributed by atoms with Crippen LogP contribution in [0, 0.1) is 6.33 Å². The van der Waals surface area contributed by atoms with Gasteiger partial charge in [-0.15, -0.1) is 0 Å². The SMILES string of the molecule is CN1CCN(c2cnc3c(C4CCN(S(=O)(=O)c5cccnc5)CC4)nc#[n+]c3c2)CC1. The summed E-state index contributed by atoms with van der Waals surface area (Å²) < 4.78 is 27.3. The molecule has 3 aromatic heterocycles. The lowest BCUT2D eigenvalue weighted by atomic mass is 9.93. The molecule has 166 valence electrons. The number of piperazine rings is 1. The predicted octanol–water partition coefficient (Wildman–Crippen LogP) is 0.745. The molecule has 5 rings (SSSR count). The lowest BCUT2D eigenvalue weighted by Gasteiger charge is -2.33. The van der Waals surface area contributed by atoms with Crippen LogP contribution in [0.15, 0.2) is 41.7 Å². The third kappa shape index (κ3) is 3.99. The van der Waals surface area contributed by atoms with Crippen molar-refractivity contribution in [1.82, 2.24) is 24.2 Å². The molecule has 32 heavy (non-hydrogen) atoms. The number of sulfonamides is 1. The highest BCUT2D eigenvalue weighted by Crippen LogP contribution is 2.32. The molecule has 0 radical (unpaired) electrons. The molecule has 0 saturated carbocycles. The van der Waals surface area contributed by atoms with Gasteiger partial charge in [-0.05, 0) is 32.0 Å². The molecule has 2 saturated heterocycles. The van der Waals surface area contributed by atoms with Gasteiger partial charge in [0.25, 0.3) is 5.52 Å². The van der Waals surface area contributed by atoms with E-state index in [1.54, 1.807) is 18.3 Å². The molecular weight excluding hydrogens is 426 g/mol. The highest BCUT2D eigenvalue weighted by Gasteiger charge is 2.33. The van der Waals surface area contributed by atoms with Crippen molar-refractivity contribution in [3.8, 4) is 0 Å². The number of anilines is 1. The summed E-state index contributed by atoms with van der Waals surface area (Å²) in [6.45, 7) is 4.86. The standard InChI is InChI=1S/C22H26N7O2S/c1-27-9-11-28(12-10-27)18-13-20-22(24-14-18)21(26-16-25-20)17-4-7-29(8-5-17)32(30,31)19-3-2-6-23-15-19/h2-3,6,13-15,17H,4-5,7-12H2,1H3/q+1. The second-order valence-corrected chi connectivity index (χ2v) is 10.4.